The van der Waals surface area contributed by atoms with Gasteiger partial charge in [-0.3, -0.25) is 9.69 Å². The van der Waals surface area contributed by atoms with Crippen LogP contribution in [-0.2, 0) is 14.6 Å². The molecule has 0 spiro atoms. The predicted octanol–water partition coefficient (Wildman–Crippen LogP) is 0.427. The van der Waals surface area contributed by atoms with Crippen LogP contribution in [0.5, 0.6) is 0 Å². The minimum atomic E-state index is -2.92. The van der Waals surface area contributed by atoms with Crippen molar-refractivity contribution in [3.8, 4) is 0 Å². The average molecular weight is 354 g/mol. The van der Waals surface area contributed by atoms with Gasteiger partial charge in [-0.05, 0) is 38.4 Å². The molecule has 0 radical (unpaired) electrons. The molecule has 2 rings (SSSR count). The number of aromatic nitrogens is 1. The molecule has 1 unspecified atom stereocenters. The van der Waals surface area contributed by atoms with E-state index in [1.165, 1.54) is 0 Å². The molecule has 1 atom stereocenters. The molecule has 24 heavy (non-hydrogen) atoms. The first kappa shape index (κ1) is 18.7. The van der Waals surface area contributed by atoms with Gasteiger partial charge in [-0.15, -0.1) is 0 Å². The summed E-state index contributed by atoms with van der Waals surface area (Å²) in [4.78, 5) is 18.0. The number of carbonyl (C=O) groups is 1. The number of anilines is 1. The number of sulfone groups is 1. The molecule has 1 aromatic heterocycles. The van der Waals surface area contributed by atoms with Gasteiger partial charge < -0.3 is 10.6 Å². The van der Waals surface area contributed by atoms with E-state index in [1.807, 2.05) is 30.2 Å². The number of rotatable bonds is 8. The van der Waals surface area contributed by atoms with E-state index < -0.39 is 9.84 Å². The molecule has 1 saturated heterocycles. The van der Waals surface area contributed by atoms with Crippen LogP contribution in [0.2, 0.25) is 0 Å². The highest BCUT2D eigenvalue weighted by molar-refractivity contribution is 7.91. The fourth-order valence-corrected chi connectivity index (χ4v) is 4.44. The second kappa shape index (κ2) is 8.43. The van der Waals surface area contributed by atoms with E-state index in [9.17, 15) is 13.2 Å². The lowest BCUT2D eigenvalue weighted by molar-refractivity contribution is -0.122. The summed E-state index contributed by atoms with van der Waals surface area (Å²) >= 11 is 0. The molecule has 0 aromatic carbocycles. The van der Waals surface area contributed by atoms with E-state index in [2.05, 4.69) is 15.6 Å². The smallest absolute Gasteiger partial charge is 0.234 e. The van der Waals surface area contributed by atoms with Gasteiger partial charge in [0.05, 0.1) is 18.1 Å². The number of carbonyl (C=O) groups excluding carboxylic acids is 1. The first-order valence-electron chi connectivity index (χ1n) is 8.19. The minimum absolute atomic E-state index is 0.0463. The summed E-state index contributed by atoms with van der Waals surface area (Å²) in [5.41, 5.74) is 1.12. The summed E-state index contributed by atoms with van der Waals surface area (Å²) in [5, 5.41) is 6.06. The molecule has 0 bridgehead atoms. The van der Waals surface area contributed by atoms with Crippen molar-refractivity contribution in [1.29, 1.82) is 0 Å². The molecule has 1 aromatic rings. The van der Waals surface area contributed by atoms with Gasteiger partial charge in [0.1, 0.15) is 5.82 Å². The Kier molecular flexibility index (Phi) is 6.56. The standard InChI is InChI=1S/C16H26N4O3S/c1-13-4-5-15(19-10-13)17-7-3-8-18-16(21)11-20(2)14-6-9-24(22,23)12-14/h4-5,10,14H,3,6-9,11-12H2,1-2H3,(H,17,19)(H,18,21). The van der Waals surface area contributed by atoms with Crippen molar-refractivity contribution >= 4 is 21.6 Å². The monoisotopic (exact) mass is 354 g/mol. The maximum Gasteiger partial charge on any atom is 0.234 e. The SMILES string of the molecule is Cc1ccc(NCCCNC(=O)CN(C)C2CCS(=O)(=O)C2)nc1. The fraction of sp³-hybridized carbons (Fsp3) is 0.625. The van der Waals surface area contributed by atoms with Crippen molar-refractivity contribution in [2.24, 2.45) is 0 Å². The van der Waals surface area contributed by atoms with Crippen LogP contribution in [0.1, 0.15) is 18.4 Å². The van der Waals surface area contributed by atoms with Crippen LogP contribution >= 0.6 is 0 Å². The van der Waals surface area contributed by atoms with E-state index in [0.717, 1.165) is 24.3 Å². The summed E-state index contributed by atoms with van der Waals surface area (Å²) < 4.78 is 22.9. The van der Waals surface area contributed by atoms with Gasteiger partial charge in [0.15, 0.2) is 9.84 Å². The van der Waals surface area contributed by atoms with E-state index in [-0.39, 0.29) is 30.0 Å². The molecule has 134 valence electrons. The average Bonchev–Trinajstić information content (AvgIpc) is 2.89. The Labute approximate surface area is 143 Å². The second-order valence-corrected chi connectivity index (χ2v) is 8.55. The molecular formula is C16H26N4O3S. The largest absolute Gasteiger partial charge is 0.370 e. The van der Waals surface area contributed by atoms with Crippen molar-refractivity contribution in [3.63, 3.8) is 0 Å². The molecule has 2 heterocycles. The number of pyridine rings is 1. The van der Waals surface area contributed by atoms with E-state index in [1.54, 1.807) is 7.05 Å². The highest BCUT2D eigenvalue weighted by Crippen LogP contribution is 2.15. The van der Waals surface area contributed by atoms with Gasteiger partial charge in [-0.1, -0.05) is 6.07 Å². The summed E-state index contributed by atoms with van der Waals surface area (Å²) in [6.07, 6.45) is 3.21. The van der Waals surface area contributed by atoms with Crippen molar-refractivity contribution in [1.82, 2.24) is 15.2 Å². The zero-order valence-corrected chi connectivity index (χ0v) is 15.1. The van der Waals surface area contributed by atoms with Crippen LogP contribution in [0, 0.1) is 6.92 Å². The number of nitrogens with zero attached hydrogens (tertiary/aromatic N) is 2. The summed E-state index contributed by atoms with van der Waals surface area (Å²) in [5.74, 6) is 1.14. The lowest BCUT2D eigenvalue weighted by atomic mass is 10.2. The van der Waals surface area contributed by atoms with E-state index >= 15 is 0 Å². The van der Waals surface area contributed by atoms with Gasteiger partial charge in [0.2, 0.25) is 5.91 Å². The number of aryl methyl sites for hydroxylation is 1. The lowest BCUT2D eigenvalue weighted by Crippen LogP contribution is -2.41. The van der Waals surface area contributed by atoms with Gasteiger partial charge in [-0.2, -0.15) is 0 Å². The van der Waals surface area contributed by atoms with Gasteiger partial charge in [-0.25, -0.2) is 13.4 Å². The normalized spacial score (nSPS) is 19.4. The van der Waals surface area contributed by atoms with Crippen LogP contribution in [0.3, 0.4) is 0 Å². The van der Waals surface area contributed by atoms with Crippen molar-refractivity contribution < 1.29 is 13.2 Å². The van der Waals surface area contributed by atoms with E-state index in [4.69, 9.17) is 0 Å². The van der Waals surface area contributed by atoms with Crippen LogP contribution in [-0.4, -0.2) is 68.4 Å². The number of hydrogen-bond donors (Lipinski definition) is 2. The zero-order valence-electron chi connectivity index (χ0n) is 14.3. The molecular weight excluding hydrogens is 328 g/mol. The topological polar surface area (TPSA) is 91.4 Å². The quantitative estimate of drug-likeness (QED) is 0.658. The Morgan fingerprint density at radius 1 is 1.38 bits per heavy atom. The number of nitrogens with one attached hydrogen (secondary N) is 2. The molecule has 1 aliphatic heterocycles. The summed E-state index contributed by atoms with van der Waals surface area (Å²) in [6, 6.07) is 3.88. The molecule has 1 aliphatic rings. The Hall–Kier alpha value is -1.67. The van der Waals surface area contributed by atoms with Crippen molar-refractivity contribution in [2.75, 3.05) is 43.5 Å². The highest BCUT2D eigenvalue weighted by Gasteiger charge is 2.31. The van der Waals surface area contributed by atoms with Crippen molar-refractivity contribution in [2.45, 2.75) is 25.8 Å². The maximum atomic E-state index is 11.9. The predicted molar refractivity (Wildman–Crippen MR) is 94.8 cm³/mol. The first-order chi connectivity index (χ1) is 11.4. The molecule has 1 amide bonds. The fourth-order valence-electron chi connectivity index (χ4n) is 2.64. The summed E-state index contributed by atoms with van der Waals surface area (Å²) in [6.45, 7) is 3.53. The molecule has 7 nitrogen and oxygen atoms in total. The van der Waals surface area contributed by atoms with Crippen LogP contribution in [0.4, 0.5) is 5.82 Å². The maximum absolute atomic E-state index is 11.9. The number of amides is 1. The molecule has 0 saturated carbocycles. The third-order valence-corrected chi connectivity index (χ3v) is 5.87. The van der Waals surface area contributed by atoms with Crippen LogP contribution in [0.25, 0.3) is 0 Å². The number of hydrogen-bond acceptors (Lipinski definition) is 6. The minimum Gasteiger partial charge on any atom is -0.370 e. The van der Waals surface area contributed by atoms with Crippen LogP contribution < -0.4 is 10.6 Å². The molecule has 1 fully saturated rings. The second-order valence-electron chi connectivity index (χ2n) is 6.32. The zero-order chi connectivity index (χ0) is 17.6. The van der Waals surface area contributed by atoms with Gasteiger partial charge >= 0.3 is 0 Å². The Balaban J connectivity index is 1.59. The molecule has 8 heteroatoms. The Bertz CT molecular complexity index is 646. The van der Waals surface area contributed by atoms with Gasteiger partial charge in [0, 0.05) is 25.3 Å². The third-order valence-electron chi connectivity index (χ3n) is 4.12. The Morgan fingerprint density at radius 3 is 2.79 bits per heavy atom. The van der Waals surface area contributed by atoms with Crippen LogP contribution in [0.15, 0.2) is 18.3 Å². The van der Waals surface area contributed by atoms with E-state index in [0.29, 0.717) is 13.0 Å². The highest BCUT2D eigenvalue weighted by atomic mass is 32.2. The molecule has 0 aliphatic carbocycles. The first-order valence-corrected chi connectivity index (χ1v) is 10.0. The lowest BCUT2D eigenvalue weighted by Gasteiger charge is -2.22. The molecule has 2 N–H and O–H groups in total. The number of likely N-dealkylation sites (N-methyl/N-ethyl adjacent to an activating group) is 1. The van der Waals surface area contributed by atoms with Crippen molar-refractivity contribution in [3.05, 3.63) is 23.9 Å². The third kappa shape index (κ3) is 6.09. The van der Waals surface area contributed by atoms with Gasteiger partial charge in [0.25, 0.3) is 0 Å². The summed E-state index contributed by atoms with van der Waals surface area (Å²) in [7, 11) is -1.12. The Morgan fingerprint density at radius 2 is 2.17 bits per heavy atom.